The zero-order chi connectivity index (χ0) is 38.2. The van der Waals surface area contributed by atoms with Crippen molar-refractivity contribution in [3.8, 4) is 11.1 Å². The number of nitrogens with two attached hydrogens (primary N) is 1. The van der Waals surface area contributed by atoms with E-state index in [-0.39, 0.29) is 40.2 Å². The van der Waals surface area contributed by atoms with Crippen molar-refractivity contribution >= 4 is 44.4 Å². The van der Waals surface area contributed by atoms with Crippen LogP contribution in [0.4, 0.5) is 15.3 Å². The summed E-state index contributed by atoms with van der Waals surface area (Å²) in [5.41, 5.74) is 3.73. The van der Waals surface area contributed by atoms with Crippen molar-refractivity contribution in [2.45, 2.75) is 91.8 Å². The predicted octanol–water partition coefficient (Wildman–Crippen LogP) is 8.16. The van der Waals surface area contributed by atoms with Gasteiger partial charge in [-0.15, -0.1) is 0 Å². The Morgan fingerprint density at radius 1 is 0.981 bits per heavy atom. The van der Waals surface area contributed by atoms with Gasteiger partial charge in [-0.3, -0.25) is 19.6 Å². The second-order valence-electron chi connectivity index (χ2n) is 17.3. The Morgan fingerprint density at radius 2 is 1.78 bits per heavy atom. The number of benzene rings is 2. The van der Waals surface area contributed by atoms with Crippen LogP contribution in [0.3, 0.4) is 0 Å². The summed E-state index contributed by atoms with van der Waals surface area (Å²) < 4.78 is 18.0. The van der Waals surface area contributed by atoms with Crippen LogP contribution in [0, 0.1) is 29.0 Å². The number of carboxylic acid groups (broad SMARTS) is 1. The number of nitrogens with one attached hydrogen (secondary N) is 1. The Bertz CT molecular complexity index is 2280. The molecule has 0 radical (unpaired) electrons. The fraction of sp³-hybridized carbons (Fsp3) is 0.439. The summed E-state index contributed by atoms with van der Waals surface area (Å²) in [7, 11) is 0. The molecule has 2 aromatic carbocycles. The van der Waals surface area contributed by atoms with Gasteiger partial charge in [0.15, 0.2) is 10.8 Å². The van der Waals surface area contributed by atoms with Crippen molar-refractivity contribution in [1.82, 2.24) is 19.7 Å². The third-order valence-corrected chi connectivity index (χ3v) is 12.7. The molecule has 0 saturated heterocycles. The largest absolute Gasteiger partial charge is 0.476 e. The van der Waals surface area contributed by atoms with E-state index >= 15 is 4.39 Å². The number of thiazole rings is 1. The molecule has 13 heteroatoms. The minimum Gasteiger partial charge on any atom is -0.476 e. The minimum absolute atomic E-state index is 0.0793. The van der Waals surface area contributed by atoms with E-state index < -0.39 is 11.6 Å². The summed E-state index contributed by atoms with van der Waals surface area (Å²) in [5, 5.41) is 18.6. The number of pyridine rings is 1. The molecule has 2 aliphatic carbocycles. The number of fused-ring (bicyclic) bond motifs is 4. The van der Waals surface area contributed by atoms with Crippen molar-refractivity contribution in [1.29, 1.82) is 0 Å². The fourth-order valence-corrected chi connectivity index (χ4v) is 11.6. The molecule has 3 unspecified atom stereocenters. The number of carbonyl (C=O) groups is 2. The van der Waals surface area contributed by atoms with Gasteiger partial charge < -0.3 is 10.0 Å². The molecule has 3 atom stereocenters. The van der Waals surface area contributed by atoms with Gasteiger partial charge in [-0.2, -0.15) is 5.10 Å². The van der Waals surface area contributed by atoms with E-state index in [9.17, 15) is 14.7 Å². The number of nitrogens with zero attached hydrogens (tertiary/aromatic N) is 5. The van der Waals surface area contributed by atoms with Crippen molar-refractivity contribution < 1.29 is 23.9 Å². The second kappa shape index (κ2) is 13.0. The third-order valence-electron chi connectivity index (χ3n) is 11.8. The predicted molar refractivity (Wildman–Crippen MR) is 207 cm³/mol. The van der Waals surface area contributed by atoms with E-state index in [2.05, 4.69) is 43.0 Å². The monoisotopic (exact) mass is 751 g/mol. The van der Waals surface area contributed by atoms with E-state index in [0.29, 0.717) is 58.3 Å². The van der Waals surface area contributed by atoms with Gasteiger partial charge in [0, 0.05) is 42.0 Å². The normalized spacial score (nSPS) is 24.7. The molecule has 3 aromatic heterocycles. The Labute approximate surface area is 317 Å². The van der Waals surface area contributed by atoms with E-state index in [0.717, 1.165) is 48.0 Å². The summed E-state index contributed by atoms with van der Waals surface area (Å²) >= 11 is 1.37. The molecule has 1 aliphatic heterocycles. The topological polar surface area (TPSA) is 148 Å². The summed E-state index contributed by atoms with van der Waals surface area (Å²) in [6, 6.07) is 14.0. The molecule has 8 rings (SSSR count). The fourth-order valence-electron chi connectivity index (χ4n) is 10.7. The summed E-state index contributed by atoms with van der Waals surface area (Å²) in [6.45, 7) is 12.4. The molecule has 3 aliphatic rings. The Kier molecular flexibility index (Phi) is 8.70. The highest BCUT2D eigenvalue weighted by molar-refractivity contribution is 7.22. The molecule has 54 heavy (non-hydrogen) atoms. The number of hydrogen-bond donors (Lipinski definition) is 3. The van der Waals surface area contributed by atoms with Crippen LogP contribution >= 0.6 is 11.3 Å². The number of amides is 1. The summed E-state index contributed by atoms with van der Waals surface area (Å²) in [5.74, 6) is 4.53. The van der Waals surface area contributed by atoms with Gasteiger partial charge in [0.05, 0.1) is 22.0 Å². The first-order chi connectivity index (χ1) is 25.6. The maximum absolute atomic E-state index is 15.1. The standard InChI is InChI=1S/C41H46FN7O4S/c1-24-28(16-44-49(24)23-40(5)20-39(4)18-38(2,3)19-41(21-39,22-40)53-43)26-11-13-33(46-34(26)36(51)52)48-15-14-25-29(17-48)27(10-12-30(25)42)35(50)47-37-45-31-8-6-7-9-32(31)54-37/h6-13,16H,14-15,17-23,43H2,1-5H3,(H,51,52)(H,45,47,50). The lowest BCUT2D eigenvalue weighted by atomic mass is 9.48. The molecule has 2 fully saturated rings. The Balaban J connectivity index is 1.05. The third kappa shape index (κ3) is 6.56. The lowest BCUT2D eigenvalue weighted by Crippen LogP contribution is -2.58. The van der Waals surface area contributed by atoms with Crippen LogP contribution in [0.2, 0.25) is 0 Å². The number of halogens is 1. The van der Waals surface area contributed by atoms with E-state index in [1.165, 1.54) is 23.5 Å². The lowest BCUT2D eigenvalue weighted by Gasteiger charge is -2.60. The maximum atomic E-state index is 15.1. The number of aromatic nitrogens is 4. The number of anilines is 2. The van der Waals surface area contributed by atoms with Crippen LogP contribution in [0.15, 0.2) is 54.7 Å². The van der Waals surface area contributed by atoms with Gasteiger partial charge in [-0.05, 0) is 109 Å². The molecule has 2 bridgehead atoms. The molecule has 282 valence electrons. The highest BCUT2D eigenvalue weighted by Gasteiger charge is 2.58. The highest BCUT2D eigenvalue weighted by atomic mass is 32.1. The number of rotatable bonds is 8. The van der Waals surface area contributed by atoms with Crippen LogP contribution in [0.5, 0.6) is 0 Å². The van der Waals surface area contributed by atoms with Gasteiger partial charge in [0.25, 0.3) is 5.91 Å². The van der Waals surface area contributed by atoms with Gasteiger partial charge in [-0.25, -0.2) is 25.0 Å². The van der Waals surface area contributed by atoms with Gasteiger partial charge in [0.2, 0.25) is 0 Å². The quantitative estimate of drug-likeness (QED) is 0.134. The average molecular weight is 752 g/mol. The molecule has 2 saturated carbocycles. The van der Waals surface area contributed by atoms with Gasteiger partial charge in [0.1, 0.15) is 11.6 Å². The first-order valence-corrected chi connectivity index (χ1v) is 19.3. The zero-order valence-corrected chi connectivity index (χ0v) is 32.1. The average Bonchev–Trinajstić information content (AvgIpc) is 3.67. The molecule has 0 spiro atoms. The number of aromatic carboxylic acids is 1. The van der Waals surface area contributed by atoms with Crippen molar-refractivity contribution in [2.75, 3.05) is 16.8 Å². The molecule has 11 nitrogen and oxygen atoms in total. The van der Waals surface area contributed by atoms with Crippen molar-refractivity contribution in [3.63, 3.8) is 0 Å². The lowest BCUT2D eigenvalue weighted by molar-refractivity contribution is -0.196. The Hall–Kier alpha value is -4.72. The number of hydrogen-bond acceptors (Lipinski definition) is 9. The van der Waals surface area contributed by atoms with Crippen LogP contribution < -0.4 is 16.1 Å². The summed E-state index contributed by atoms with van der Waals surface area (Å²) in [6.07, 6.45) is 6.81. The van der Waals surface area contributed by atoms with Gasteiger partial charge >= 0.3 is 5.97 Å². The van der Waals surface area contributed by atoms with Crippen LogP contribution in [0.25, 0.3) is 21.3 Å². The molecule has 4 N–H and O–H groups in total. The number of carboxylic acids is 1. The number of para-hydroxylation sites is 1. The van der Waals surface area contributed by atoms with Crippen molar-refractivity contribution in [3.05, 3.63) is 88.6 Å². The zero-order valence-electron chi connectivity index (χ0n) is 31.3. The highest BCUT2D eigenvalue weighted by Crippen LogP contribution is 2.63. The van der Waals surface area contributed by atoms with E-state index in [1.807, 2.05) is 40.8 Å². The summed E-state index contributed by atoms with van der Waals surface area (Å²) in [4.78, 5) is 43.2. The van der Waals surface area contributed by atoms with Crippen molar-refractivity contribution in [2.24, 2.45) is 22.1 Å². The van der Waals surface area contributed by atoms with Crippen LogP contribution in [-0.4, -0.2) is 48.9 Å². The van der Waals surface area contributed by atoms with Crippen LogP contribution in [0.1, 0.15) is 97.5 Å². The molecular weight excluding hydrogens is 706 g/mol. The molecule has 1 amide bonds. The first kappa shape index (κ1) is 36.3. The second-order valence-corrected chi connectivity index (χ2v) is 18.3. The minimum atomic E-state index is -1.16. The van der Waals surface area contributed by atoms with E-state index in [4.69, 9.17) is 15.8 Å². The number of carbonyl (C=O) groups excluding carboxylic acids is 1. The molecular formula is C41H46FN7O4S. The Morgan fingerprint density at radius 3 is 2.54 bits per heavy atom. The molecule has 5 aromatic rings. The SMILES string of the molecule is Cc1c(-c2ccc(N3CCc4c(F)ccc(C(=O)Nc5nc6ccccc6s5)c4C3)nc2C(=O)O)cnn1CC1(C)CC2(C)CC(C)(C)CC(ON)(C1)C2. The maximum Gasteiger partial charge on any atom is 0.355 e. The van der Waals surface area contributed by atoms with Crippen LogP contribution in [-0.2, 0) is 24.3 Å². The molecule has 4 heterocycles. The first-order valence-electron chi connectivity index (χ1n) is 18.5. The van der Waals surface area contributed by atoms with E-state index in [1.54, 1.807) is 18.3 Å². The van der Waals surface area contributed by atoms with Gasteiger partial charge in [-0.1, -0.05) is 51.2 Å². The smallest absolute Gasteiger partial charge is 0.355 e.